The number of hydrogen-bond donors (Lipinski definition) is 0. The van der Waals surface area contributed by atoms with Crippen LogP contribution in [0.4, 0.5) is 5.82 Å². The number of halogens is 1. The minimum absolute atomic E-state index is 0.00751. The topological polar surface area (TPSA) is 49.3 Å². The average molecular weight is 387 g/mol. The highest BCUT2D eigenvalue weighted by Gasteiger charge is 2.25. The van der Waals surface area contributed by atoms with Crippen molar-refractivity contribution in [3.8, 4) is 0 Å². The number of nitrogens with zero attached hydrogens (tertiary/aromatic N) is 4. The predicted molar refractivity (Wildman–Crippen MR) is 106 cm³/mol. The molecule has 2 aromatic heterocycles. The Balaban J connectivity index is 1.51. The fraction of sp³-hybridized carbons (Fsp3) is 0.316. The number of piperazine rings is 1. The van der Waals surface area contributed by atoms with E-state index in [2.05, 4.69) is 27.9 Å². The van der Waals surface area contributed by atoms with Crippen LogP contribution in [0, 0.1) is 0 Å². The molecule has 7 heteroatoms. The van der Waals surface area contributed by atoms with E-state index in [0.717, 1.165) is 35.5 Å². The van der Waals surface area contributed by atoms with E-state index in [1.807, 2.05) is 17.0 Å². The fourth-order valence-corrected chi connectivity index (χ4v) is 4.39. The van der Waals surface area contributed by atoms with E-state index in [4.69, 9.17) is 11.6 Å². The maximum absolute atomic E-state index is 12.7. The summed E-state index contributed by atoms with van der Waals surface area (Å²) in [6.07, 6.45) is 2.63. The summed E-state index contributed by atoms with van der Waals surface area (Å²) < 4.78 is 0. The van der Waals surface area contributed by atoms with Crippen molar-refractivity contribution in [2.45, 2.75) is 13.3 Å². The molecule has 0 unspecified atom stereocenters. The Hall–Kier alpha value is -2.18. The molecular formula is C19H19ClN4OS. The van der Waals surface area contributed by atoms with Gasteiger partial charge in [0, 0.05) is 31.1 Å². The summed E-state index contributed by atoms with van der Waals surface area (Å²) in [5.41, 5.74) is 0.567. The van der Waals surface area contributed by atoms with Crippen LogP contribution in [0.15, 0.2) is 36.7 Å². The van der Waals surface area contributed by atoms with Gasteiger partial charge in [0.1, 0.15) is 17.0 Å². The zero-order valence-electron chi connectivity index (χ0n) is 14.5. The van der Waals surface area contributed by atoms with Gasteiger partial charge in [0.05, 0.1) is 16.0 Å². The third-order valence-electron chi connectivity index (χ3n) is 4.68. The second kappa shape index (κ2) is 7.21. The molecule has 0 radical (unpaired) electrons. The molecule has 134 valence electrons. The van der Waals surface area contributed by atoms with Gasteiger partial charge in [-0.1, -0.05) is 30.7 Å². The van der Waals surface area contributed by atoms with Crippen molar-refractivity contribution in [1.82, 2.24) is 14.9 Å². The number of thiophene rings is 1. The Bertz CT molecular complexity index is 950. The van der Waals surface area contributed by atoms with E-state index >= 15 is 0 Å². The van der Waals surface area contributed by atoms with Gasteiger partial charge in [-0.05, 0) is 24.6 Å². The van der Waals surface area contributed by atoms with Gasteiger partial charge in [-0.3, -0.25) is 4.79 Å². The molecule has 1 aromatic carbocycles. The molecule has 0 saturated carbocycles. The Labute approximate surface area is 161 Å². The monoisotopic (exact) mass is 386 g/mol. The quantitative estimate of drug-likeness (QED) is 0.685. The van der Waals surface area contributed by atoms with Crippen molar-refractivity contribution >= 4 is 44.9 Å². The van der Waals surface area contributed by atoms with E-state index in [0.29, 0.717) is 23.7 Å². The lowest BCUT2D eigenvalue weighted by Gasteiger charge is -2.35. The number of carbonyl (C=O) groups excluding carboxylic acids is 1. The minimum atomic E-state index is -0.00751. The maximum atomic E-state index is 12.7. The standard InChI is InChI=1S/C19H19ClN4OS/c1-2-13-11-15-17(21-12-22-18(15)26-13)23-7-9-24(10-8-23)19(25)14-5-3-4-6-16(14)20/h3-6,11-12H,2,7-10H2,1H3. The van der Waals surface area contributed by atoms with Crippen LogP contribution in [0.1, 0.15) is 22.2 Å². The van der Waals surface area contributed by atoms with Gasteiger partial charge < -0.3 is 9.80 Å². The molecule has 1 amide bonds. The van der Waals surface area contributed by atoms with Gasteiger partial charge in [0.25, 0.3) is 5.91 Å². The smallest absolute Gasteiger partial charge is 0.255 e. The summed E-state index contributed by atoms with van der Waals surface area (Å²) in [6, 6.07) is 9.40. The number of aromatic nitrogens is 2. The lowest BCUT2D eigenvalue weighted by Crippen LogP contribution is -2.49. The molecule has 4 rings (SSSR count). The molecule has 26 heavy (non-hydrogen) atoms. The van der Waals surface area contributed by atoms with Crippen molar-refractivity contribution < 1.29 is 4.79 Å². The molecule has 1 aliphatic rings. The lowest BCUT2D eigenvalue weighted by molar-refractivity contribution is 0.0747. The van der Waals surface area contributed by atoms with Gasteiger partial charge in [-0.2, -0.15) is 0 Å². The molecule has 0 N–H and O–H groups in total. The highest BCUT2D eigenvalue weighted by atomic mass is 35.5. The van der Waals surface area contributed by atoms with Crippen LogP contribution in [0.5, 0.6) is 0 Å². The number of rotatable bonds is 3. The SMILES string of the molecule is CCc1cc2c(N3CCN(C(=O)c4ccccc4Cl)CC3)ncnc2s1. The summed E-state index contributed by atoms with van der Waals surface area (Å²) in [5, 5.41) is 1.61. The molecule has 1 saturated heterocycles. The van der Waals surface area contributed by atoms with Gasteiger partial charge in [0.15, 0.2) is 0 Å². The van der Waals surface area contributed by atoms with Crippen molar-refractivity contribution in [2.75, 3.05) is 31.1 Å². The predicted octanol–water partition coefficient (Wildman–Crippen LogP) is 3.87. The maximum Gasteiger partial charge on any atom is 0.255 e. The van der Waals surface area contributed by atoms with Crippen molar-refractivity contribution in [1.29, 1.82) is 0 Å². The molecular weight excluding hydrogens is 368 g/mol. The second-order valence-electron chi connectivity index (χ2n) is 6.24. The molecule has 3 heterocycles. The Kier molecular flexibility index (Phi) is 4.78. The van der Waals surface area contributed by atoms with Crippen molar-refractivity contribution in [2.24, 2.45) is 0 Å². The number of amides is 1. The minimum Gasteiger partial charge on any atom is -0.352 e. The number of fused-ring (bicyclic) bond motifs is 1. The van der Waals surface area contributed by atoms with E-state index < -0.39 is 0 Å². The Morgan fingerprint density at radius 1 is 1.19 bits per heavy atom. The second-order valence-corrected chi connectivity index (χ2v) is 7.76. The summed E-state index contributed by atoms with van der Waals surface area (Å²) in [4.78, 5) is 28.1. The number of hydrogen-bond acceptors (Lipinski definition) is 5. The summed E-state index contributed by atoms with van der Waals surface area (Å²) in [7, 11) is 0. The van der Waals surface area contributed by atoms with Gasteiger partial charge in [-0.15, -0.1) is 11.3 Å². The zero-order chi connectivity index (χ0) is 18.1. The molecule has 0 bridgehead atoms. The van der Waals surface area contributed by atoms with Gasteiger partial charge in [-0.25, -0.2) is 9.97 Å². The third-order valence-corrected chi connectivity index (χ3v) is 6.20. The molecule has 3 aromatic rings. The molecule has 1 fully saturated rings. The van der Waals surface area contributed by atoms with Crippen LogP contribution >= 0.6 is 22.9 Å². The van der Waals surface area contributed by atoms with Crippen LogP contribution in [0.3, 0.4) is 0 Å². The summed E-state index contributed by atoms with van der Waals surface area (Å²) in [6.45, 7) is 4.96. The number of benzene rings is 1. The number of carbonyl (C=O) groups is 1. The molecule has 0 atom stereocenters. The van der Waals surface area contributed by atoms with Crippen LogP contribution in [-0.2, 0) is 6.42 Å². The van der Waals surface area contributed by atoms with Crippen molar-refractivity contribution in [3.05, 3.63) is 52.1 Å². The van der Waals surface area contributed by atoms with Crippen LogP contribution in [0.2, 0.25) is 5.02 Å². The first kappa shape index (κ1) is 17.2. The van der Waals surface area contributed by atoms with E-state index in [1.54, 1.807) is 29.8 Å². The van der Waals surface area contributed by atoms with E-state index in [1.165, 1.54) is 4.88 Å². The lowest BCUT2D eigenvalue weighted by atomic mass is 10.1. The first-order valence-corrected chi connectivity index (χ1v) is 9.89. The summed E-state index contributed by atoms with van der Waals surface area (Å²) >= 11 is 7.89. The molecule has 0 aliphatic carbocycles. The molecule has 1 aliphatic heterocycles. The normalized spacial score (nSPS) is 14.8. The van der Waals surface area contributed by atoms with Crippen LogP contribution < -0.4 is 4.90 Å². The van der Waals surface area contributed by atoms with Gasteiger partial charge >= 0.3 is 0 Å². The van der Waals surface area contributed by atoms with Crippen LogP contribution in [0.25, 0.3) is 10.2 Å². The Morgan fingerprint density at radius 3 is 2.69 bits per heavy atom. The fourth-order valence-electron chi connectivity index (χ4n) is 3.25. The van der Waals surface area contributed by atoms with Crippen LogP contribution in [-0.4, -0.2) is 47.0 Å². The van der Waals surface area contributed by atoms with E-state index in [9.17, 15) is 4.79 Å². The highest BCUT2D eigenvalue weighted by Crippen LogP contribution is 2.31. The zero-order valence-corrected chi connectivity index (χ0v) is 16.1. The number of anilines is 1. The largest absolute Gasteiger partial charge is 0.352 e. The van der Waals surface area contributed by atoms with Crippen molar-refractivity contribution in [3.63, 3.8) is 0 Å². The summed E-state index contributed by atoms with van der Waals surface area (Å²) in [5.74, 6) is 0.961. The molecule has 5 nitrogen and oxygen atoms in total. The molecule has 0 spiro atoms. The third kappa shape index (κ3) is 3.15. The first-order valence-electron chi connectivity index (χ1n) is 8.69. The average Bonchev–Trinajstić information content (AvgIpc) is 3.11. The number of aryl methyl sites for hydroxylation is 1. The van der Waals surface area contributed by atoms with E-state index in [-0.39, 0.29) is 5.91 Å². The Morgan fingerprint density at radius 2 is 1.96 bits per heavy atom. The van der Waals surface area contributed by atoms with Gasteiger partial charge in [0.2, 0.25) is 0 Å². The highest BCUT2D eigenvalue weighted by molar-refractivity contribution is 7.18. The first-order chi connectivity index (χ1) is 12.7.